The molecule has 0 bridgehead atoms. The van der Waals surface area contributed by atoms with Crippen molar-refractivity contribution in [2.45, 2.75) is 25.9 Å². The molecule has 2 unspecified atom stereocenters. The Morgan fingerprint density at radius 1 is 1.38 bits per heavy atom. The van der Waals surface area contributed by atoms with E-state index in [2.05, 4.69) is 62.4 Å². The molecule has 2 heterocycles. The number of halogens is 1. The Hall–Kier alpha value is -0.720. The fraction of sp³-hybridized carbons (Fsp3) is 0.400. The van der Waals surface area contributed by atoms with E-state index in [4.69, 9.17) is 0 Å². The highest BCUT2D eigenvalue weighted by Crippen LogP contribution is 2.28. The second-order valence-electron chi connectivity index (χ2n) is 3.62. The monoisotopic (exact) mass is 300 g/mol. The molecule has 2 atom stereocenters. The lowest BCUT2D eigenvalue weighted by Gasteiger charge is -2.16. The van der Waals surface area contributed by atoms with Gasteiger partial charge in [-0.1, -0.05) is 0 Å². The van der Waals surface area contributed by atoms with Crippen molar-refractivity contribution in [1.29, 1.82) is 0 Å². The van der Waals surface area contributed by atoms with Gasteiger partial charge in [-0.05, 0) is 41.9 Å². The molecule has 16 heavy (non-hydrogen) atoms. The number of nitrogens with zero attached hydrogens (tertiary/aromatic N) is 2. The van der Waals surface area contributed by atoms with Crippen LogP contribution in [-0.4, -0.2) is 15.2 Å². The SMILES string of the molecule is CC(NC(C)c1ccc(Br)s1)c1ncn[nH]1. The third-order valence-electron chi connectivity index (χ3n) is 2.36. The Morgan fingerprint density at radius 2 is 2.19 bits per heavy atom. The van der Waals surface area contributed by atoms with Gasteiger partial charge in [-0.3, -0.25) is 5.10 Å². The second kappa shape index (κ2) is 5.07. The number of rotatable bonds is 4. The van der Waals surface area contributed by atoms with E-state index in [0.29, 0.717) is 6.04 Å². The maximum absolute atomic E-state index is 4.13. The van der Waals surface area contributed by atoms with Gasteiger partial charge in [0.25, 0.3) is 0 Å². The number of thiophene rings is 1. The van der Waals surface area contributed by atoms with Crippen LogP contribution in [0.25, 0.3) is 0 Å². The van der Waals surface area contributed by atoms with Crippen LogP contribution in [0.5, 0.6) is 0 Å². The van der Waals surface area contributed by atoms with Crippen molar-refractivity contribution in [1.82, 2.24) is 20.5 Å². The van der Waals surface area contributed by atoms with Gasteiger partial charge in [-0.2, -0.15) is 5.10 Å². The van der Waals surface area contributed by atoms with Crippen LogP contribution in [0, 0.1) is 0 Å². The van der Waals surface area contributed by atoms with Crippen molar-refractivity contribution in [3.8, 4) is 0 Å². The Labute approximate surface area is 107 Å². The highest BCUT2D eigenvalue weighted by atomic mass is 79.9. The zero-order valence-electron chi connectivity index (χ0n) is 9.07. The van der Waals surface area contributed by atoms with Crippen molar-refractivity contribution in [3.63, 3.8) is 0 Å². The normalized spacial score (nSPS) is 14.9. The predicted octanol–water partition coefficient (Wildman–Crippen LogP) is 3.04. The van der Waals surface area contributed by atoms with Crippen molar-refractivity contribution in [2.75, 3.05) is 0 Å². The fourth-order valence-electron chi connectivity index (χ4n) is 1.52. The summed E-state index contributed by atoms with van der Waals surface area (Å²) in [5.41, 5.74) is 0. The molecule has 0 saturated carbocycles. The van der Waals surface area contributed by atoms with Crippen LogP contribution >= 0.6 is 27.3 Å². The molecule has 0 saturated heterocycles. The Kier molecular flexibility index (Phi) is 3.73. The maximum atomic E-state index is 4.13. The minimum absolute atomic E-state index is 0.165. The highest BCUT2D eigenvalue weighted by molar-refractivity contribution is 9.11. The van der Waals surface area contributed by atoms with Gasteiger partial charge in [0.05, 0.1) is 9.83 Å². The van der Waals surface area contributed by atoms with Gasteiger partial charge in [0.2, 0.25) is 0 Å². The molecule has 0 aromatic carbocycles. The summed E-state index contributed by atoms with van der Waals surface area (Å²) >= 11 is 5.21. The van der Waals surface area contributed by atoms with E-state index in [9.17, 15) is 0 Å². The molecule has 4 nitrogen and oxygen atoms in total. The molecule has 0 fully saturated rings. The molecule has 2 N–H and O–H groups in total. The molecular formula is C10H13BrN4S. The van der Waals surface area contributed by atoms with E-state index in [-0.39, 0.29) is 6.04 Å². The molecule has 0 aliphatic rings. The van der Waals surface area contributed by atoms with Gasteiger partial charge >= 0.3 is 0 Å². The number of hydrogen-bond donors (Lipinski definition) is 2. The van der Waals surface area contributed by atoms with Gasteiger partial charge < -0.3 is 5.32 Å². The Bertz CT molecular complexity index is 439. The van der Waals surface area contributed by atoms with Crippen molar-refractivity contribution in [2.24, 2.45) is 0 Å². The van der Waals surface area contributed by atoms with Gasteiger partial charge in [0.1, 0.15) is 12.2 Å². The lowest BCUT2D eigenvalue weighted by molar-refractivity contribution is 0.482. The van der Waals surface area contributed by atoms with Crippen LogP contribution in [0.4, 0.5) is 0 Å². The average molecular weight is 301 g/mol. The highest BCUT2D eigenvalue weighted by Gasteiger charge is 2.14. The molecule has 2 rings (SSSR count). The summed E-state index contributed by atoms with van der Waals surface area (Å²) in [7, 11) is 0. The summed E-state index contributed by atoms with van der Waals surface area (Å²) in [6, 6.07) is 4.66. The number of hydrogen-bond acceptors (Lipinski definition) is 4. The standard InChI is InChI=1S/C10H13BrN4S/c1-6(8-3-4-9(11)16-8)14-7(2)10-12-5-13-15-10/h3-7,14H,1-2H3,(H,12,13,15). The Morgan fingerprint density at radius 3 is 2.75 bits per heavy atom. The van der Waals surface area contributed by atoms with Crippen LogP contribution in [0.3, 0.4) is 0 Å². The Balaban J connectivity index is 2.00. The molecule has 0 amide bonds. The van der Waals surface area contributed by atoms with Gasteiger partial charge in [0.15, 0.2) is 0 Å². The second-order valence-corrected chi connectivity index (χ2v) is 6.12. The number of nitrogens with one attached hydrogen (secondary N) is 2. The largest absolute Gasteiger partial charge is 0.300 e. The molecule has 0 radical (unpaired) electrons. The molecule has 86 valence electrons. The third kappa shape index (κ3) is 2.69. The fourth-order valence-corrected chi connectivity index (χ4v) is 2.96. The van der Waals surface area contributed by atoms with Crippen molar-refractivity contribution >= 4 is 27.3 Å². The van der Waals surface area contributed by atoms with E-state index >= 15 is 0 Å². The summed E-state index contributed by atoms with van der Waals surface area (Å²) in [5.74, 6) is 0.863. The van der Waals surface area contributed by atoms with Crippen molar-refractivity contribution < 1.29 is 0 Å². The number of aromatic nitrogens is 3. The minimum atomic E-state index is 0.165. The van der Waals surface area contributed by atoms with E-state index in [1.54, 1.807) is 11.3 Å². The molecule has 2 aromatic heterocycles. The molecule has 6 heteroatoms. The van der Waals surface area contributed by atoms with E-state index in [0.717, 1.165) is 9.61 Å². The molecule has 0 aliphatic heterocycles. The third-order valence-corrected chi connectivity index (χ3v) is 4.17. The maximum Gasteiger partial charge on any atom is 0.141 e. The van der Waals surface area contributed by atoms with Crippen LogP contribution in [-0.2, 0) is 0 Å². The summed E-state index contributed by atoms with van der Waals surface area (Å²) in [6.45, 7) is 4.21. The van der Waals surface area contributed by atoms with Crippen LogP contribution in [0.1, 0.15) is 36.6 Å². The first-order valence-corrected chi connectivity index (χ1v) is 6.64. The first-order chi connectivity index (χ1) is 7.66. The van der Waals surface area contributed by atoms with E-state index in [1.165, 1.54) is 11.2 Å². The van der Waals surface area contributed by atoms with E-state index in [1.807, 2.05) is 0 Å². The molecule has 0 spiro atoms. The molecular weight excluding hydrogens is 288 g/mol. The zero-order chi connectivity index (χ0) is 11.5. The van der Waals surface area contributed by atoms with E-state index < -0.39 is 0 Å². The lowest BCUT2D eigenvalue weighted by Crippen LogP contribution is -2.22. The van der Waals surface area contributed by atoms with Gasteiger partial charge in [0, 0.05) is 10.9 Å². The number of H-pyrrole nitrogens is 1. The van der Waals surface area contributed by atoms with Gasteiger partial charge in [-0.15, -0.1) is 11.3 Å². The summed E-state index contributed by atoms with van der Waals surface area (Å²) < 4.78 is 1.16. The van der Waals surface area contributed by atoms with Crippen LogP contribution in [0.2, 0.25) is 0 Å². The minimum Gasteiger partial charge on any atom is -0.300 e. The smallest absolute Gasteiger partial charge is 0.141 e. The van der Waals surface area contributed by atoms with Crippen molar-refractivity contribution in [3.05, 3.63) is 32.9 Å². The summed E-state index contributed by atoms with van der Waals surface area (Å²) in [5, 5.41) is 10.2. The topological polar surface area (TPSA) is 53.6 Å². The average Bonchev–Trinajstić information content (AvgIpc) is 2.87. The predicted molar refractivity (Wildman–Crippen MR) is 68.4 cm³/mol. The first kappa shape index (κ1) is 11.8. The molecule has 0 aliphatic carbocycles. The summed E-state index contributed by atoms with van der Waals surface area (Å²) in [6.07, 6.45) is 1.53. The number of aromatic amines is 1. The van der Waals surface area contributed by atoms with Crippen LogP contribution < -0.4 is 5.32 Å². The summed E-state index contributed by atoms with van der Waals surface area (Å²) in [4.78, 5) is 5.44. The van der Waals surface area contributed by atoms with Crippen LogP contribution in [0.15, 0.2) is 22.2 Å². The first-order valence-electron chi connectivity index (χ1n) is 5.03. The molecule has 2 aromatic rings. The quantitative estimate of drug-likeness (QED) is 0.912. The lowest BCUT2D eigenvalue weighted by atomic mass is 10.2. The zero-order valence-corrected chi connectivity index (χ0v) is 11.5. The van der Waals surface area contributed by atoms with Gasteiger partial charge in [-0.25, -0.2) is 4.98 Å².